The fourth-order valence-electron chi connectivity index (χ4n) is 1.87. The molecule has 2 aromatic rings. The molecule has 1 heterocycles. The highest BCUT2D eigenvalue weighted by Crippen LogP contribution is 2.34. The van der Waals surface area contributed by atoms with Gasteiger partial charge >= 0.3 is 0 Å². The van der Waals surface area contributed by atoms with Crippen LogP contribution in [0.2, 0.25) is 15.1 Å². The minimum absolute atomic E-state index is 0.00202. The third kappa shape index (κ3) is 3.91. The van der Waals surface area contributed by atoms with Gasteiger partial charge in [-0.2, -0.15) is 0 Å². The second kappa shape index (κ2) is 7.15. The van der Waals surface area contributed by atoms with E-state index in [-0.39, 0.29) is 26.5 Å². The van der Waals surface area contributed by atoms with E-state index in [0.717, 1.165) is 5.69 Å². The van der Waals surface area contributed by atoms with E-state index in [4.69, 9.17) is 34.8 Å². The van der Waals surface area contributed by atoms with E-state index in [0.29, 0.717) is 6.42 Å². The molecule has 0 amide bonds. The zero-order chi connectivity index (χ0) is 16.3. The molecule has 0 bridgehead atoms. The Balaban J connectivity index is 2.23. The lowest BCUT2D eigenvalue weighted by atomic mass is 10.3. The minimum atomic E-state index is -3.80. The fourth-order valence-corrected chi connectivity index (χ4v) is 4.53. The molecule has 0 unspecified atom stereocenters. The van der Waals surface area contributed by atoms with Crippen LogP contribution in [0.15, 0.2) is 41.4 Å². The molecule has 0 saturated heterocycles. The first-order valence-electron chi connectivity index (χ1n) is 6.33. The molecule has 0 N–H and O–H groups in total. The van der Waals surface area contributed by atoms with E-state index in [1.165, 1.54) is 23.5 Å². The lowest BCUT2D eigenvalue weighted by Crippen LogP contribution is -2.29. The molecule has 0 aliphatic rings. The summed E-state index contributed by atoms with van der Waals surface area (Å²) in [4.78, 5) is 4.03. The normalized spacial score (nSPS) is 11.9. The van der Waals surface area contributed by atoms with E-state index >= 15 is 0 Å². The van der Waals surface area contributed by atoms with Crippen molar-refractivity contribution in [2.45, 2.75) is 11.3 Å². The van der Waals surface area contributed by atoms with Crippen LogP contribution in [0, 0.1) is 0 Å². The molecule has 0 aliphatic heterocycles. The van der Waals surface area contributed by atoms with E-state index in [2.05, 4.69) is 4.98 Å². The smallest absolute Gasteiger partial charge is 0.245 e. The Morgan fingerprint density at radius 2 is 1.77 bits per heavy atom. The first-order chi connectivity index (χ1) is 10.3. The lowest BCUT2D eigenvalue weighted by Gasteiger charge is -2.18. The van der Waals surface area contributed by atoms with Crippen molar-refractivity contribution in [3.8, 4) is 0 Å². The van der Waals surface area contributed by atoms with Gasteiger partial charge in [-0.05, 0) is 24.3 Å². The van der Waals surface area contributed by atoms with Crippen molar-refractivity contribution in [2.75, 3.05) is 13.6 Å². The summed E-state index contributed by atoms with van der Waals surface area (Å²) in [6.07, 6.45) is 2.15. The number of aromatic nitrogens is 1. The van der Waals surface area contributed by atoms with Gasteiger partial charge in [0.05, 0.1) is 10.0 Å². The predicted molar refractivity (Wildman–Crippen MR) is 89.2 cm³/mol. The van der Waals surface area contributed by atoms with Crippen molar-refractivity contribution in [3.63, 3.8) is 0 Å². The topological polar surface area (TPSA) is 50.3 Å². The first kappa shape index (κ1) is 17.5. The summed E-state index contributed by atoms with van der Waals surface area (Å²) in [6.45, 7) is 0.259. The van der Waals surface area contributed by atoms with Gasteiger partial charge in [-0.3, -0.25) is 4.98 Å². The monoisotopic (exact) mass is 378 g/mol. The van der Waals surface area contributed by atoms with Gasteiger partial charge in [0.2, 0.25) is 10.0 Å². The zero-order valence-corrected chi connectivity index (χ0v) is 14.7. The summed E-state index contributed by atoms with van der Waals surface area (Å²) in [6, 6.07) is 8.20. The van der Waals surface area contributed by atoms with Gasteiger partial charge < -0.3 is 0 Å². The number of hydrogen-bond donors (Lipinski definition) is 0. The highest BCUT2D eigenvalue weighted by atomic mass is 35.5. The molecule has 2 rings (SSSR count). The summed E-state index contributed by atoms with van der Waals surface area (Å²) >= 11 is 17.8. The Morgan fingerprint density at radius 1 is 1.14 bits per heavy atom. The lowest BCUT2D eigenvalue weighted by molar-refractivity contribution is 0.471. The van der Waals surface area contributed by atoms with Crippen LogP contribution >= 0.6 is 34.8 Å². The molecule has 0 aliphatic carbocycles. The number of likely N-dealkylation sites (N-methyl/N-ethyl adjacent to an activating group) is 1. The Hall–Kier alpha value is -0.850. The van der Waals surface area contributed by atoms with Crippen LogP contribution in [0.25, 0.3) is 0 Å². The standard InChI is InChI=1S/C14H13Cl3N2O2S/c1-19(7-5-11-4-2-3-6-18-11)22(20,21)14-12(16)8-10(15)9-13(14)17/h2-4,6,8-9H,5,7H2,1H3. The number of rotatable bonds is 5. The van der Waals surface area contributed by atoms with E-state index in [9.17, 15) is 8.42 Å². The maximum atomic E-state index is 12.6. The highest BCUT2D eigenvalue weighted by Gasteiger charge is 2.26. The van der Waals surface area contributed by atoms with Crippen molar-refractivity contribution >= 4 is 44.8 Å². The average Bonchev–Trinajstić information content (AvgIpc) is 2.44. The van der Waals surface area contributed by atoms with Crippen LogP contribution in [0.4, 0.5) is 0 Å². The number of sulfonamides is 1. The molecule has 0 radical (unpaired) electrons. The van der Waals surface area contributed by atoms with Crippen molar-refractivity contribution in [1.29, 1.82) is 0 Å². The minimum Gasteiger partial charge on any atom is -0.261 e. The molecule has 118 valence electrons. The molecule has 0 saturated carbocycles. The Morgan fingerprint density at radius 3 is 2.32 bits per heavy atom. The molecular formula is C14H13Cl3N2O2S. The van der Waals surface area contributed by atoms with Crippen molar-refractivity contribution < 1.29 is 8.42 Å². The third-order valence-electron chi connectivity index (χ3n) is 3.04. The van der Waals surface area contributed by atoms with E-state index in [1.807, 2.05) is 12.1 Å². The molecule has 0 spiro atoms. The molecule has 22 heavy (non-hydrogen) atoms. The Labute approximate surface area is 144 Å². The second-order valence-electron chi connectivity index (χ2n) is 4.60. The molecule has 0 fully saturated rings. The molecule has 0 atom stereocenters. The van der Waals surface area contributed by atoms with E-state index in [1.54, 1.807) is 12.3 Å². The zero-order valence-electron chi connectivity index (χ0n) is 11.6. The summed E-state index contributed by atoms with van der Waals surface area (Å²) in [7, 11) is -2.33. The Kier molecular flexibility index (Phi) is 5.69. The van der Waals surface area contributed by atoms with Gasteiger partial charge in [0.25, 0.3) is 0 Å². The van der Waals surface area contributed by atoms with Crippen molar-refractivity contribution in [3.05, 3.63) is 57.3 Å². The first-order valence-corrected chi connectivity index (χ1v) is 8.90. The SMILES string of the molecule is CN(CCc1ccccn1)S(=O)(=O)c1c(Cl)cc(Cl)cc1Cl. The molecule has 1 aromatic carbocycles. The third-order valence-corrected chi connectivity index (χ3v) is 6.04. The molecule has 4 nitrogen and oxygen atoms in total. The van der Waals surface area contributed by atoms with Crippen LogP contribution in [0.1, 0.15) is 5.69 Å². The number of benzene rings is 1. The average molecular weight is 380 g/mol. The number of halogens is 3. The van der Waals surface area contributed by atoms with Gasteiger partial charge in [-0.25, -0.2) is 12.7 Å². The number of hydrogen-bond acceptors (Lipinski definition) is 3. The summed E-state index contributed by atoms with van der Waals surface area (Å²) < 4.78 is 26.4. The number of pyridine rings is 1. The summed E-state index contributed by atoms with van der Waals surface area (Å²) in [5.41, 5.74) is 0.804. The fraction of sp³-hybridized carbons (Fsp3) is 0.214. The quantitative estimate of drug-likeness (QED) is 0.791. The maximum absolute atomic E-state index is 12.6. The van der Waals surface area contributed by atoms with Crippen molar-refractivity contribution in [1.82, 2.24) is 9.29 Å². The van der Waals surface area contributed by atoms with Gasteiger partial charge in [0, 0.05) is 36.9 Å². The molecule has 1 aromatic heterocycles. The molecule has 8 heteroatoms. The van der Waals surface area contributed by atoms with Crippen LogP contribution in [0.5, 0.6) is 0 Å². The summed E-state index contributed by atoms with van der Waals surface area (Å²) in [5, 5.41) is 0.287. The maximum Gasteiger partial charge on any atom is 0.245 e. The number of nitrogens with zero attached hydrogens (tertiary/aromatic N) is 2. The van der Waals surface area contributed by atoms with Crippen LogP contribution in [0.3, 0.4) is 0 Å². The Bertz CT molecular complexity index is 744. The highest BCUT2D eigenvalue weighted by molar-refractivity contribution is 7.89. The summed E-state index contributed by atoms with van der Waals surface area (Å²) in [5.74, 6) is 0. The van der Waals surface area contributed by atoms with Gasteiger partial charge in [-0.1, -0.05) is 40.9 Å². The largest absolute Gasteiger partial charge is 0.261 e. The predicted octanol–water partition coefficient (Wildman–Crippen LogP) is 3.91. The van der Waals surface area contributed by atoms with Gasteiger partial charge in [0.15, 0.2) is 0 Å². The second-order valence-corrected chi connectivity index (χ2v) is 7.83. The van der Waals surface area contributed by atoms with E-state index < -0.39 is 10.0 Å². The van der Waals surface area contributed by atoms with Crippen molar-refractivity contribution in [2.24, 2.45) is 0 Å². The van der Waals surface area contributed by atoms with Crippen LogP contribution < -0.4 is 0 Å². The van der Waals surface area contributed by atoms with Gasteiger partial charge in [-0.15, -0.1) is 0 Å². The van der Waals surface area contributed by atoms with Crippen LogP contribution in [-0.4, -0.2) is 31.3 Å². The van der Waals surface area contributed by atoms with Crippen LogP contribution in [-0.2, 0) is 16.4 Å². The van der Waals surface area contributed by atoms with Gasteiger partial charge in [0.1, 0.15) is 4.90 Å². The molecular weight excluding hydrogens is 367 g/mol.